The number of methoxy groups -OCH3 is 2. The molecule has 1 saturated heterocycles. The van der Waals surface area contributed by atoms with E-state index in [1.54, 1.807) is 26.4 Å². The fourth-order valence-corrected chi connectivity index (χ4v) is 4.14. The lowest BCUT2D eigenvalue weighted by Crippen LogP contribution is -2.43. The molecule has 0 spiro atoms. The maximum atomic E-state index is 13.2. The molecule has 7 heteroatoms. The lowest BCUT2D eigenvalue weighted by Gasteiger charge is -2.27. The zero-order valence-electron chi connectivity index (χ0n) is 17.8. The summed E-state index contributed by atoms with van der Waals surface area (Å²) in [6, 6.07) is 11.8. The van der Waals surface area contributed by atoms with E-state index in [0.717, 1.165) is 24.0 Å². The third kappa shape index (κ3) is 4.71. The van der Waals surface area contributed by atoms with Crippen molar-refractivity contribution in [2.24, 2.45) is 0 Å². The van der Waals surface area contributed by atoms with Crippen molar-refractivity contribution in [2.45, 2.75) is 44.3 Å². The number of hydrogen-bond acceptors (Lipinski definition) is 5. The first kappa shape index (κ1) is 21.3. The summed E-state index contributed by atoms with van der Waals surface area (Å²) in [5, 5.41) is 0. The fourth-order valence-electron chi connectivity index (χ4n) is 4.14. The van der Waals surface area contributed by atoms with Crippen molar-refractivity contribution in [1.29, 1.82) is 0 Å². The predicted molar refractivity (Wildman–Crippen MR) is 113 cm³/mol. The van der Waals surface area contributed by atoms with Gasteiger partial charge in [-0.25, -0.2) is 4.39 Å². The molecule has 2 aliphatic rings. The second-order valence-electron chi connectivity index (χ2n) is 8.07. The summed E-state index contributed by atoms with van der Waals surface area (Å²) in [4.78, 5) is 29.3. The van der Waals surface area contributed by atoms with E-state index in [9.17, 15) is 14.0 Å². The van der Waals surface area contributed by atoms with Crippen LogP contribution < -0.4 is 9.47 Å². The number of ether oxygens (including phenoxy) is 2. The average molecular weight is 426 g/mol. The SMILES string of the molecule is COc1ccc(CCN2C(=O)CC(N(Cc3ccc(F)cc3)C3CC3)C2=O)cc1OC. The molecule has 1 aliphatic heterocycles. The Labute approximate surface area is 181 Å². The Balaban J connectivity index is 1.43. The van der Waals surface area contributed by atoms with Gasteiger partial charge in [0, 0.05) is 19.1 Å². The van der Waals surface area contributed by atoms with Crippen LogP contribution in [0, 0.1) is 5.82 Å². The molecule has 0 aromatic heterocycles. The van der Waals surface area contributed by atoms with Crippen LogP contribution in [-0.2, 0) is 22.6 Å². The Morgan fingerprint density at radius 1 is 1.00 bits per heavy atom. The lowest BCUT2D eigenvalue weighted by atomic mass is 10.1. The smallest absolute Gasteiger partial charge is 0.247 e. The first-order valence-electron chi connectivity index (χ1n) is 10.6. The van der Waals surface area contributed by atoms with E-state index >= 15 is 0 Å². The fraction of sp³-hybridized carbons (Fsp3) is 0.417. The van der Waals surface area contributed by atoms with Gasteiger partial charge in [-0.2, -0.15) is 0 Å². The van der Waals surface area contributed by atoms with Gasteiger partial charge in [0.05, 0.1) is 26.7 Å². The van der Waals surface area contributed by atoms with Crippen LogP contribution in [-0.4, -0.2) is 54.5 Å². The van der Waals surface area contributed by atoms with Crippen LogP contribution in [0.5, 0.6) is 11.5 Å². The molecular formula is C24H27FN2O4. The Kier molecular flexibility index (Phi) is 6.23. The summed E-state index contributed by atoms with van der Waals surface area (Å²) in [6.07, 6.45) is 2.78. The number of likely N-dealkylation sites (tertiary alicyclic amines) is 1. The van der Waals surface area contributed by atoms with Gasteiger partial charge in [0.15, 0.2) is 11.5 Å². The molecule has 6 nitrogen and oxygen atoms in total. The normalized spacial score (nSPS) is 18.7. The van der Waals surface area contributed by atoms with Gasteiger partial charge in [-0.05, 0) is 54.7 Å². The molecule has 1 atom stereocenters. The van der Waals surface area contributed by atoms with Crippen LogP contribution in [0.25, 0.3) is 0 Å². The van der Waals surface area contributed by atoms with Crippen LogP contribution in [0.2, 0.25) is 0 Å². The standard InChI is InChI=1S/C24H27FN2O4/c1-30-21-10-5-16(13-22(21)31-2)11-12-26-23(28)14-20(24(26)29)27(19-8-9-19)15-17-3-6-18(25)7-4-17/h3-7,10,13,19-20H,8-9,11-12,14-15H2,1-2H3. The number of carbonyl (C=O) groups is 2. The molecular weight excluding hydrogens is 399 g/mol. The molecule has 2 aromatic carbocycles. The van der Waals surface area contributed by atoms with Gasteiger partial charge in [0.2, 0.25) is 11.8 Å². The molecule has 2 fully saturated rings. The monoisotopic (exact) mass is 426 g/mol. The van der Waals surface area contributed by atoms with Crippen LogP contribution in [0.3, 0.4) is 0 Å². The van der Waals surface area contributed by atoms with Crippen molar-refractivity contribution >= 4 is 11.8 Å². The summed E-state index contributed by atoms with van der Waals surface area (Å²) in [6.45, 7) is 0.872. The molecule has 164 valence electrons. The molecule has 1 unspecified atom stereocenters. The number of amides is 2. The Morgan fingerprint density at radius 3 is 2.32 bits per heavy atom. The highest BCUT2D eigenvalue weighted by atomic mass is 19.1. The minimum absolute atomic E-state index is 0.139. The predicted octanol–water partition coefficient (Wildman–Crippen LogP) is 3.18. The molecule has 2 amide bonds. The summed E-state index contributed by atoms with van der Waals surface area (Å²) in [7, 11) is 3.16. The van der Waals surface area contributed by atoms with E-state index in [-0.39, 0.29) is 24.1 Å². The molecule has 1 saturated carbocycles. The van der Waals surface area contributed by atoms with Gasteiger partial charge in [0.25, 0.3) is 0 Å². The average Bonchev–Trinajstić information content (AvgIpc) is 3.58. The van der Waals surface area contributed by atoms with Gasteiger partial charge in [-0.3, -0.25) is 19.4 Å². The number of nitrogens with zero attached hydrogens (tertiary/aromatic N) is 2. The topological polar surface area (TPSA) is 59.1 Å². The Morgan fingerprint density at radius 2 is 1.68 bits per heavy atom. The molecule has 31 heavy (non-hydrogen) atoms. The van der Waals surface area contributed by atoms with E-state index < -0.39 is 6.04 Å². The van der Waals surface area contributed by atoms with Crippen molar-refractivity contribution in [1.82, 2.24) is 9.80 Å². The second-order valence-corrected chi connectivity index (χ2v) is 8.07. The van der Waals surface area contributed by atoms with Gasteiger partial charge >= 0.3 is 0 Å². The highest BCUT2D eigenvalue weighted by molar-refractivity contribution is 6.05. The number of imide groups is 1. The third-order valence-corrected chi connectivity index (χ3v) is 5.99. The van der Waals surface area contributed by atoms with Gasteiger partial charge in [-0.15, -0.1) is 0 Å². The van der Waals surface area contributed by atoms with Crippen molar-refractivity contribution in [3.63, 3.8) is 0 Å². The van der Waals surface area contributed by atoms with E-state index in [4.69, 9.17) is 9.47 Å². The van der Waals surface area contributed by atoms with Gasteiger partial charge in [-0.1, -0.05) is 18.2 Å². The number of benzene rings is 2. The zero-order chi connectivity index (χ0) is 22.0. The minimum Gasteiger partial charge on any atom is -0.493 e. The van der Waals surface area contributed by atoms with Crippen LogP contribution in [0.4, 0.5) is 4.39 Å². The van der Waals surface area contributed by atoms with E-state index in [2.05, 4.69) is 4.90 Å². The van der Waals surface area contributed by atoms with Crippen LogP contribution in [0.1, 0.15) is 30.4 Å². The number of hydrogen-bond donors (Lipinski definition) is 0. The quantitative estimate of drug-likeness (QED) is 0.577. The van der Waals surface area contributed by atoms with Crippen molar-refractivity contribution < 1.29 is 23.5 Å². The molecule has 0 N–H and O–H groups in total. The summed E-state index contributed by atoms with van der Waals surface area (Å²) in [5.41, 5.74) is 1.91. The second kappa shape index (κ2) is 9.06. The van der Waals surface area contributed by atoms with Crippen molar-refractivity contribution in [2.75, 3.05) is 20.8 Å². The largest absolute Gasteiger partial charge is 0.493 e. The third-order valence-electron chi connectivity index (χ3n) is 5.99. The number of halogens is 1. The van der Waals surface area contributed by atoms with Gasteiger partial charge < -0.3 is 9.47 Å². The first-order chi connectivity index (χ1) is 15.0. The molecule has 0 bridgehead atoms. The van der Waals surface area contributed by atoms with Crippen molar-refractivity contribution in [3.8, 4) is 11.5 Å². The minimum atomic E-state index is -0.449. The summed E-state index contributed by atoms with van der Waals surface area (Å²) < 4.78 is 23.8. The lowest BCUT2D eigenvalue weighted by molar-refractivity contribution is -0.139. The first-order valence-corrected chi connectivity index (χ1v) is 10.6. The maximum Gasteiger partial charge on any atom is 0.247 e. The highest BCUT2D eigenvalue weighted by Crippen LogP contribution is 2.34. The Bertz CT molecular complexity index is 959. The van der Waals surface area contributed by atoms with Crippen LogP contribution in [0.15, 0.2) is 42.5 Å². The highest BCUT2D eigenvalue weighted by Gasteiger charge is 2.45. The maximum absolute atomic E-state index is 13.2. The van der Waals surface area contributed by atoms with Crippen molar-refractivity contribution in [3.05, 3.63) is 59.4 Å². The van der Waals surface area contributed by atoms with E-state index in [1.165, 1.54) is 17.0 Å². The summed E-state index contributed by atoms with van der Waals surface area (Å²) in [5.74, 6) is 0.701. The molecule has 1 heterocycles. The number of rotatable bonds is 9. The van der Waals surface area contributed by atoms with Gasteiger partial charge in [0.1, 0.15) is 5.82 Å². The number of carbonyl (C=O) groups excluding carboxylic acids is 2. The van der Waals surface area contributed by atoms with E-state index in [1.807, 2.05) is 18.2 Å². The zero-order valence-corrected chi connectivity index (χ0v) is 17.8. The molecule has 4 rings (SSSR count). The van der Waals surface area contributed by atoms with E-state index in [0.29, 0.717) is 37.1 Å². The molecule has 2 aromatic rings. The molecule has 1 aliphatic carbocycles. The Hall–Kier alpha value is -2.93. The molecule has 0 radical (unpaired) electrons. The summed E-state index contributed by atoms with van der Waals surface area (Å²) >= 11 is 0. The van der Waals surface area contributed by atoms with Crippen LogP contribution >= 0.6 is 0 Å².